The summed E-state index contributed by atoms with van der Waals surface area (Å²) in [6, 6.07) is 7.94. The minimum absolute atomic E-state index is 0.0348. The maximum absolute atomic E-state index is 13.6. The van der Waals surface area contributed by atoms with E-state index in [9.17, 15) is 9.59 Å². The Kier molecular flexibility index (Phi) is 6.03. The van der Waals surface area contributed by atoms with Gasteiger partial charge in [-0.1, -0.05) is 23.9 Å². The lowest BCUT2D eigenvalue weighted by Gasteiger charge is -2.14. The number of hydrogen-bond acceptors (Lipinski definition) is 6. The monoisotopic (exact) mass is 445 g/mol. The van der Waals surface area contributed by atoms with E-state index in [1.165, 1.54) is 16.0 Å². The van der Waals surface area contributed by atoms with Gasteiger partial charge in [-0.3, -0.25) is 14.2 Å². The summed E-state index contributed by atoms with van der Waals surface area (Å²) in [7, 11) is 0. The van der Waals surface area contributed by atoms with Crippen molar-refractivity contribution in [2.24, 2.45) is 0 Å². The van der Waals surface area contributed by atoms with Gasteiger partial charge in [0.15, 0.2) is 5.16 Å². The number of thioether (sulfide) groups is 2. The first kappa shape index (κ1) is 20.5. The van der Waals surface area contributed by atoms with Gasteiger partial charge in [0.1, 0.15) is 4.83 Å². The normalized spacial score (nSPS) is 13.7. The van der Waals surface area contributed by atoms with Crippen molar-refractivity contribution in [3.8, 4) is 5.69 Å². The second kappa shape index (κ2) is 8.53. The molecular weight excluding hydrogens is 422 g/mol. The number of benzene rings is 1. The number of amides is 1. The highest BCUT2D eigenvalue weighted by Gasteiger charge is 2.23. The molecule has 0 bridgehead atoms. The first-order chi connectivity index (χ1) is 13.9. The topological polar surface area (TPSA) is 64.0 Å². The Bertz CT molecular complexity index is 1130. The smallest absolute Gasteiger partial charge is 0.267 e. The fourth-order valence-corrected chi connectivity index (χ4v) is 6.81. The summed E-state index contributed by atoms with van der Waals surface area (Å²) >= 11 is 4.73. The number of nitrogens with one attached hydrogen (secondary N) is 1. The predicted molar refractivity (Wildman–Crippen MR) is 123 cm³/mol. The molecule has 152 valence electrons. The SMILES string of the molecule is Cc1cccc(-n2c(SCC(=O)NC(C)C)nc3sc4c(c3c2=O)CCCS4)c1. The highest BCUT2D eigenvalue weighted by Crippen LogP contribution is 2.40. The molecule has 3 heterocycles. The Morgan fingerprint density at radius 1 is 1.38 bits per heavy atom. The minimum Gasteiger partial charge on any atom is -0.353 e. The molecule has 8 heteroatoms. The third-order valence-electron chi connectivity index (χ3n) is 4.60. The van der Waals surface area contributed by atoms with Crippen molar-refractivity contribution in [1.29, 1.82) is 0 Å². The Labute approximate surface area is 182 Å². The molecule has 0 atom stereocenters. The van der Waals surface area contributed by atoms with E-state index in [2.05, 4.69) is 5.32 Å². The van der Waals surface area contributed by atoms with Crippen molar-refractivity contribution < 1.29 is 4.79 Å². The second-order valence-corrected chi connectivity index (χ2v) is 10.7. The number of thiophene rings is 1. The third kappa shape index (κ3) is 4.25. The van der Waals surface area contributed by atoms with Crippen LogP contribution in [0.2, 0.25) is 0 Å². The molecule has 3 aromatic rings. The van der Waals surface area contributed by atoms with Gasteiger partial charge >= 0.3 is 0 Å². The maximum Gasteiger partial charge on any atom is 0.267 e. The number of carbonyl (C=O) groups is 1. The van der Waals surface area contributed by atoms with Crippen LogP contribution < -0.4 is 10.9 Å². The molecule has 0 radical (unpaired) electrons. The molecule has 0 unspecified atom stereocenters. The van der Waals surface area contributed by atoms with Gasteiger partial charge in [-0.2, -0.15) is 0 Å². The molecule has 2 aromatic heterocycles. The van der Waals surface area contributed by atoms with Crippen molar-refractivity contribution in [2.75, 3.05) is 11.5 Å². The Hall–Kier alpha value is -1.77. The van der Waals surface area contributed by atoms with Crippen LogP contribution in [0, 0.1) is 6.92 Å². The molecule has 1 aliphatic heterocycles. The van der Waals surface area contributed by atoms with Crippen molar-refractivity contribution in [2.45, 2.75) is 49.0 Å². The Morgan fingerprint density at radius 2 is 2.21 bits per heavy atom. The molecule has 5 nitrogen and oxygen atoms in total. The van der Waals surface area contributed by atoms with E-state index in [1.54, 1.807) is 15.9 Å². The average Bonchev–Trinajstić information content (AvgIpc) is 3.04. The largest absolute Gasteiger partial charge is 0.353 e. The van der Waals surface area contributed by atoms with Crippen LogP contribution in [0.4, 0.5) is 0 Å². The standard InChI is InChI=1S/C21H23N3O2S3/c1-12(2)22-16(25)11-28-21-23-18-17(15-8-5-9-27-20(15)29-18)19(26)24(21)14-7-4-6-13(3)10-14/h4,6-7,10,12H,5,8-9,11H2,1-3H3,(H,22,25). The summed E-state index contributed by atoms with van der Waals surface area (Å²) in [5.41, 5.74) is 2.98. The summed E-state index contributed by atoms with van der Waals surface area (Å²) in [4.78, 5) is 31.4. The predicted octanol–water partition coefficient (Wildman–Crippen LogP) is 4.41. The molecule has 0 aliphatic carbocycles. The molecule has 0 saturated heterocycles. The maximum atomic E-state index is 13.6. The van der Waals surface area contributed by atoms with Crippen LogP contribution in [0.3, 0.4) is 0 Å². The lowest BCUT2D eigenvalue weighted by Crippen LogP contribution is -2.32. The zero-order valence-corrected chi connectivity index (χ0v) is 19.1. The van der Waals surface area contributed by atoms with Gasteiger partial charge in [-0.05, 0) is 62.6 Å². The Morgan fingerprint density at radius 3 is 2.97 bits per heavy atom. The fourth-order valence-electron chi connectivity index (χ4n) is 3.41. The quantitative estimate of drug-likeness (QED) is 0.466. The first-order valence-corrected chi connectivity index (χ1v) is 12.4. The van der Waals surface area contributed by atoms with E-state index in [0.717, 1.165) is 45.6 Å². The summed E-state index contributed by atoms with van der Waals surface area (Å²) in [5.74, 6) is 1.25. The van der Waals surface area contributed by atoms with Crippen LogP contribution in [0.25, 0.3) is 15.9 Å². The lowest BCUT2D eigenvalue weighted by molar-refractivity contribution is -0.119. The van der Waals surface area contributed by atoms with Gasteiger partial charge in [0.05, 0.1) is 21.0 Å². The number of aryl methyl sites for hydroxylation is 2. The number of rotatable bonds is 5. The fraction of sp³-hybridized carbons (Fsp3) is 0.381. The number of fused-ring (bicyclic) bond motifs is 3. The first-order valence-electron chi connectivity index (χ1n) is 9.64. The van der Waals surface area contributed by atoms with Crippen LogP contribution >= 0.6 is 34.9 Å². The summed E-state index contributed by atoms with van der Waals surface area (Å²) < 4.78 is 2.89. The second-order valence-electron chi connectivity index (χ2n) is 7.39. The zero-order chi connectivity index (χ0) is 20.5. The number of carbonyl (C=O) groups excluding carboxylic acids is 1. The van der Waals surface area contributed by atoms with Gasteiger partial charge < -0.3 is 5.32 Å². The third-order valence-corrected chi connectivity index (χ3v) is 8.07. The molecule has 1 aliphatic rings. The van der Waals surface area contributed by atoms with Crippen molar-refractivity contribution >= 4 is 51.0 Å². The van der Waals surface area contributed by atoms with Crippen LogP contribution in [-0.4, -0.2) is 33.0 Å². The van der Waals surface area contributed by atoms with Crippen LogP contribution in [-0.2, 0) is 11.2 Å². The number of hydrogen-bond donors (Lipinski definition) is 1. The molecule has 1 N–H and O–H groups in total. The molecule has 0 fully saturated rings. The number of aromatic nitrogens is 2. The van der Waals surface area contributed by atoms with Gasteiger partial charge in [-0.15, -0.1) is 23.1 Å². The van der Waals surface area contributed by atoms with E-state index < -0.39 is 0 Å². The van der Waals surface area contributed by atoms with E-state index in [4.69, 9.17) is 4.98 Å². The van der Waals surface area contributed by atoms with E-state index in [1.807, 2.05) is 56.8 Å². The van der Waals surface area contributed by atoms with Gasteiger partial charge in [-0.25, -0.2) is 4.98 Å². The lowest BCUT2D eigenvalue weighted by atomic mass is 10.1. The van der Waals surface area contributed by atoms with E-state index in [-0.39, 0.29) is 23.3 Å². The van der Waals surface area contributed by atoms with Crippen molar-refractivity contribution in [1.82, 2.24) is 14.9 Å². The van der Waals surface area contributed by atoms with Crippen LogP contribution in [0.15, 0.2) is 38.4 Å². The summed E-state index contributed by atoms with van der Waals surface area (Å²) in [6.07, 6.45) is 2.01. The molecular formula is C21H23N3O2S3. The summed E-state index contributed by atoms with van der Waals surface area (Å²) in [6.45, 7) is 5.87. The molecule has 1 amide bonds. The highest BCUT2D eigenvalue weighted by atomic mass is 32.2. The molecule has 4 rings (SSSR count). The van der Waals surface area contributed by atoms with E-state index in [0.29, 0.717) is 5.16 Å². The molecule has 29 heavy (non-hydrogen) atoms. The van der Waals surface area contributed by atoms with Crippen molar-refractivity contribution in [3.63, 3.8) is 0 Å². The highest BCUT2D eigenvalue weighted by molar-refractivity contribution is 8.01. The molecule has 0 spiro atoms. The van der Waals surface area contributed by atoms with Crippen LogP contribution in [0.5, 0.6) is 0 Å². The van der Waals surface area contributed by atoms with E-state index >= 15 is 0 Å². The van der Waals surface area contributed by atoms with Gasteiger partial charge in [0.2, 0.25) is 5.91 Å². The van der Waals surface area contributed by atoms with Crippen molar-refractivity contribution in [3.05, 3.63) is 45.7 Å². The van der Waals surface area contributed by atoms with Gasteiger partial charge in [0, 0.05) is 6.04 Å². The number of nitrogens with zero attached hydrogens (tertiary/aromatic N) is 2. The molecule has 1 aromatic carbocycles. The average molecular weight is 446 g/mol. The van der Waals surface area contributed by atoms with Crippen LogP contribution in [0.1, 0.15) is 31.4 Å². The Balaban J connectivity index is 1.85. The zero-order valence-electron chi connectivity index (χ0n) is 16.7. The molecule has 0 saturated carbocycles. The summed E-state index contributed by atoms with van der Waals surface area (Å²) in [5, 5.41) is 4.21. The minimum atomic E-state index is -0.0591. The van der Waals surface area contributed by atoms with Gasteiger partial charge in [0.25, 0.3) is 5.56 Å².